The Hall–Kier alpha value is -1.04. The molecule has 5 rings (SSSR count). The van der Waals surface area contributed by atoms with E-state index in [1.165, 1.54) is 22.6 Å². The van der Waals surface area contributed by atoms with Crippen molar-refractivity contribution < 1.29 is 25.3 Å². The van der Waals surface area contributed by atoms with Gasteiger partial charge >= 0.3 is 0 Å². The van der Waals surface area contributed by atoms with Crippen LogP contribution in [0.25, 0.3) is 0 Å². The number of aromatic nitrogens is 1. The number of pyridine rings is 1. The summed E-state index contributed by atoms with van der Waals surface area (Å²) in [6.07, 6.45) is 9.87. The number of hydrogen-bond donors (Lipinski definition) is 1. The molecule has 1 unspecified atom stereocenters. The van der Waals surface area contributed by atoms with Crippen molar-refractivity contribution in [1.82, 2.24) is 18.3 Å². The van der Waals surface area contributed by atoms with Crippen LogP contribution < -0.4 is 9.62 Å². The van der Waals surface area contributed by atoms with Gasteiger partial charge in [-0.1, -0.05) is 42.5 Å². The van der Waals surface area contributed by atoms with Gasteiger partial charge in [0, 0.05) is 51.5 Å². The highest BCUT2D eigenvalue weighted by Crippen LogP contribution is 2.35. The van der Waals surface area contributed by atoms with Crippen LogP contribution in [-0.2, 0) is 30.1 Å². The zero-order valence-electron chi connectivity index (χ0n) is 25.6. The molecule has 3 saturated heterocycles. The van der Waals surface area contributed by atoms with Gasteiger partial charge in [-0.25, -0.2) is 35.0 Å². The zero-order valence-corrected chi connectivity index (χ0v) is 31.2. The lowest BCUT2D eigenvalue weighted by Crippen LogP contribution is -2.38. The van der Waals surface area contributed by atoms with E-state index >= 15 is 0 Å². The van der Waals surface area contributed by atoms with Gasteiger partial charge < -0.3 is 4.90 Å². The van der Waals surface area contributed by atoms with Gasteiger partial charge in [0.25, 0.3) is 0 Å². The maximum Gasteiger partial charge on any atom is 0.244 e. The first-order valence-electron chi connectivity index (χ1n) is 15.5. The zero-order chi connectivity index (χ0) is 33.3. The minimum Gasteiger partial charge on any atom is -0.370 e. The summed E-state index contributed by atoms with van der Waals surface area (Å²) in [5.41, 5.74) is 0.820. The smallest absolute Gasteiger partial charge is 0.244 e. The first-order chi connectivity index (χ1) is 21.6. The molecule has 2 aromatic rings. The summed E-state index contributed by atoms with van der Waals surface area (Å²) in [6.45, 7) is 3.02. The Bertz CT molecular complexity index is 1730. The van der Waals surface area contributed by atoms with Gasteiger partial charge in [-0.3, -0.25) is 0 Å². The topological polar surface area (TPSA) is 137 Å². The van der Waals surface area contributed by atoms with Gasteiger partial charge in [-0.05, 0) is 84.1 Å². The molecule has 0 bridgehead atoms. The summed E-state index contributed by atoms with van der Waals surface area (Å²) in [6, 6.07) is 5.91. The average Bonchev–Trinajstić information content (AvgIpc) is 3.47. The molecule has 0 aliphatic carbocycles. The number of nitrogens with zero attached hydrogens (tertiary/aromatic N) is 4. The second kappa shape index (κ2) is 14.8. The van der Waals surface area contributed by atoms with E-state index in [4.69, 9.17) is 23.2 Å². The van der Waals surface area contributed by atoms with E-state index in [-0.39, 0.29) is 28.0 Å². The van der Waals surface area contributed by atoms with Crippen LogP contribution in [0.4, 0.5) is 5.69 Å². The summed E-state index contributed by atoms with van der Waals surface area (Å²) in [5.74, 6) is 1.12. The fraction of sp³-hybridized carbons (Fsp3) is 0.621. The average molecular weight is 802 g/mol. The molecule has 17 heteroatoms. The van der Waals surface area contributed by atoms with Crippen LogP contribution in [0.15, 0.2) is 44.7 Å². The van der Waals surface area contributed by atoms with E-state index in [9.17, 15) is 25.3 Å². The van der Waals surface area contributed by atoms with E-state index in [0.717, 1.165) is 70.0 Å². The first kappa shape index (κ1) is 36.2. The second-order valence-corrected chi connectivity index (χ2v) is 19.8. The molecule has 4 heterocycles. The molecular weight excluding hydrogens is 761 g/mol. The lowest BCUT2D eigenvalue weighted by molar-refractivity contribution is 0.252. The second-order valence-electron chi connectivity index (χ2n) is 12.5. The highest BCUT2D eigenvalue weighted by atomic mass is 79.9. The highest BCUT2D eigenvalue weighted by molar-refractivity contribution is 9.10. The third-order valence-corrected chi connectivity index (χ3v) is 15.2. The van der Waals surface area contributed by atoms with Gasteiger partial charge in [-0.15, -0.1) is 0 Å². The normalized spacial score (nSPS) is 21.7. The summed E-state index contributed by atoms with van der Waals surface area (Å²) < 4.78 is 81.4. The summed E-state index contributed by atoms with van der Waals surface area (Å²) >= 11 is 15.8. The van der Waals surface area contributed by atoms with Gasteiger partial charge in [-0.2, -0.15) is 8.61 Å². The molecule has 0 spiro atoms. The van der Waals surface area contributed by atoms with Gasteiger partial charge in [0.05, 0.1) is 26.3 Å². The lowest BCUT2D eigenvalue weighted by Gasteiger charge is -2.35. The molecule has 0 radical (unpaired) electrons. The van der Waals surface area contributed by atoms with Crippen molar-refractivity contribution in [2.45, 2.75) is 67.2 Å². The van der Waals surface area contributed by atoms with Crippen molar-refractivity contribution >= 4 is 74.9 Å². The van der Waals surface area contributed by atoms with Crippen molar-refractivity contribution in [1.29, 1.82) is 0 Å². The lowest BCUT2D eigenvalue weighted by atomic mass is 9.87. The Labute approximate surface area is 291 Å². The summed E-state index contributed by atoms with van der Waals surface area (Å²) in [5, 5.41) is 0.619. The number of sulfonamides is 3. The van der Waals surface area contributed by atoms with Crippen molar-refractivity contribution in [2.75, 3.05) is 50.4 Å². The predicted molar refractivity (Wildman–Crippen MR) is 184 cm³/mol. The van der Waals surface area contributed by atoms with E-state index < -0.39 is 36.1 Å². The minimum atomic E-state index is -3.80. The number of hydrogen-bond acceptors (Lipinski definition) is 8. The van der Waals surface area contributed by atoms with Crippen LogP contribution in [0, 0.1) is 11.8 Å². The fourth-order valence-electron chi connectivity index (χ4n) is 6.69. The van der Waals surface area contributed by atoms with Crippen LogP contribution in [0.3, 0.4) is 0 Å². The van der Waals surface area contributed by atoms with Gasteiger partial charge in [0.2, 0.25) is 30.1 Å². The Kier molecular flexibility index (Phi) is 11.7. The third-order valence-electron chi connectivity index (χ3n) is 9.25. The number of halogens is 3. The molecule has 1 aromatic heterocycles. The standard InChI is InChI=1S/C29H40BrCl2N5O6S3/c1-44(38,39)34-23-11-16-37(20-23)45(40,41)24-5-6-28(27(31)18-24)35-12-7-21(8-13-35)3-2-4-22-9-14-36(15-10-22)46(42,43)25-17-26(30)29(32)33-19-25/h5-6,17-19,21-23,34H,2-4,7-16,20H2,1H3. The maximum absolute atomic E-state index is 13.2. The van der Waals surface area contributed by atoms with E-state index in [1.807, 2.05) is 0 Å². The van der Waals surface area contributed by atoms with Crippen LogP contribution in [0.1, 0.15) is 51.4 Å². The van der Waals surface area contributed by atoms with Crippen LogP contribution in [0.5, 0.6) is 0 Å². The Morgan fingerprint density at radius 2 is 1.41 bits per heavy atom. The quantitative estimate of drug-likeness (QED) is 0.316. The monoisotopic (exact) mass is 799 g/mol. The first-order valence-corrected chi connectivity index (χ1v) is 21.8. The van der Waals surface area contributed by atoms with Crippen LogP contribution >= 0.6 is 39.1 Å². The van der Waals surface area contributed by atoms with Crippen molar-refractivity contribution in [2.24, 2.45) is 11.8 Å². The molecule has 0 amide bonds. The maximum atomic E-state index is 13.2. The molecule has 256 valence electrons. The molecule has 3 aliphatic rings. The van der Waals surface area contributed by atoms with Crippen LogP contribution in [-0.4, -0.2) is 90.4 Å². The highest BCUT2D eigenvalue weighted by Gasteiger charge is 2.34. The molecule has 46 heavy (non-hydrogen) atoms. The van der Waals surface area contributed by atoms with Gasteiger partial charge in [0.15, 0.2) is 0 Å². The van der Waals surface area contributed by atoms with Crippen molar-refractivity contribution in [3.63, 3.8) is 0 Å². The molecular formula is C29H40BrCl2N5O6S3. The third kappa shape index (κ3) is 8.75. The molecule has 3 aliphatic heterocycles. The SMILES string of the molecule is CS(=O)(=O)NC1CCN(S(=O)(=O)c2ccc(N3CCC(CCCC4CCN(S(=O)(=O)c5cnc(Cl)c(Br)c5)CC4)CC3)c(Cl)c2)C1. The molecule has 11 nitrogen and oxygen atoms in total. The number of rotatable bonds is 11. The van der Waals surface area contributed by atoms with Crippen molar-refractivity contribution in [3.8, 4) is 0 Å². The van der Waals surface area contributed by atoms with E-state index in [2.05, 4.69) is 30.5 Å². The number of benzene rings is 1. The molecule has 3 fully saturated rings. The fourth-order valence-corrected chi connectivity index (χ4v) is 11.4. The Morgan fingerprint density at radius 1 is 0.826 bits per heavy atom. The Morgan fingerprint density at radius 3 is 2.00 bits per heavy atom. The van der Waals surface area contributed by atoms with Gasteiger partial charge in [0.1, 0.15) is 10.0 Å². The van der Waals surface area contributed by atoms with Crippen LogP contribution in [0.2, 0.25) is 10.2 Å². The minimum absolute atomic E-state index is 0.0872. The predicted octanol–water partition coefficient (Wildman–Crippen LogP) is 4.95. The number of anilines is 1. The molecule has 1 aromatic carbocycles. The molecule has 1 N–H and O–H groups in total. The largest absolute Gasteiger partial charge is 0.370 e. The Balaban J connectivity index is 1.05. The van der Waals surface area contributed by atoms with E-state index in [0.29, 0.717) is 40.8 Å². The molecule has 0 saturated carbocycles. The number of nitrogens with one attached hydrogen (secondary N) is 1. The summed E-state index contributed by atoms with van der Waals surface area (Å²) in [7, 11) is -10.8. The van der Waals surface area contributed by atoms with E-state index in [1.54, 1.807) is 16.4 Å². The van der Waals surface area contributed by atoms with Crippen molar-refractivity contribution in [3.05, 3.63) is 45.1 Å². The number of piperidine rings is 2. The molecule has 1 atom stereocenters. The summed E-state index contributed by atoms with van der Waals surface area (Å²) in [4.78, 5) is 6.43.